The maximum Gasteiger partial charge on any atom is 0.315 e. The molecule has 2 aliphatic carbocycles. The third kappa shape index (κ3) is 2.18. The number of urea groups is 1. The molecule has 0 bridgehead atoms. The molecule has 80 valence electrons. The van der Waals surface area contributed by atoms with E-state index in [1.165, 1.54) is 12.8 Å². The van der Waals surface area contributed by atoms with Gasteiger partial charge >= 0.3 is 6.03 Å². The number of rotatable bonds is 4. The second-order valence-electron chi connectivity index (χ2n) is 4.77. The van der Waals surface area contributed by atoms with Gasteiger partial charge in [0, 0.05) is 12.6 Å². The minimum atomic E-state index is -0.195. The fraction of sp³-hybridized carbons (Fsp3) is 0.900. The Balaban J connectivity index is 1.82. The van der Waals surface area contributed by atoms with Crippen molar-refractivity contribution in [2.24, 2.45) is 11.7 Å². The van der Waals surface area contributed by atoms with Crippen molar-refractivity contribution in [2.45, 2.75) is 44.2 Å². The molecule has 4 N–H and O–H groups in total. The summed E-state index contributed by atoms with van der Waals surface area (Å²) in [4.78, 5) is 11.5. The average Bonchev–Trinajstić information content (AvgIpc) is 2.96. The van der Waals surface area contributed by atoms with Crippen molar-refractivity contribution < 1.29 is 4.79 Å². The lowest BCUT2D eigenvalue weighted by molar-refractivity contribution is 0.222. The predicted octanol–water partition coefficient (Wildman–Crippen LogP) is 0.575. The molecule has 1 atom stereocenters. The molecule has 4 nitrogen and oxygen atoms in total. The summed E-state index contributed by atoms with van der Waals surface area (Å²) in [6, 6.07) is 0.364. The van der Waals surface area contributed by atoms with E-state index in [1.54, 1.807) is 0 Å². The van der Waals surface area contributed by atoms with Crippen LogP contribution in [0.3, 0.4) is 0 Å². The van der Waals surface area contributed by atoms with E-state index in [0.717, 1.165) is 12.8 Å². The molecule has 2 aliphatic rings. The first kappa shape index (κ1) is 9.77. The molecule has 4 heteroatoms. The molecular formula is C10H19N3O. The van der Waals surface area contributed by atoms with Gasteiger partial charge in [0.25, 0.3) is 0 Å². The standard InChI is InChI=1S/C10H19N3O/c1-10(6-11,7-2-3-7)13-9(14)12-8-4-5-8/h7-8H,2-6,11H2,1H3,(H2,12,13,14). The lowest BCUT2D eigenvalue weighted by Gasteiger charge is -2.29. The topological polar surface area (TPSA) is 67.1 Å². The highest BCUT2D eigenvalue weighted by Crippen LogP contribution is 2.38. The first-order valence-corrected chi connectivity index (χ1v) is 5.43. The molecule has 0 heterocycles. The third-order valence-electron chi connectivity index (χ3n) is 3.21. The molecule has 2 rings (SSSR count). The van der Waals surface area contributed by atoms with Gasteiger partial charge in [-0.1, -0.05) is 0 Å². The Labute approximate surface area is 84.6 Å². The van der Waals surface area contributed by atoms with Gasteiger partial charge in [0.2, 0.25) is 0 Å². The summed E-state index contributed by atoms with van der Waals surface area (Å²) in [7, 11) is 0. The summed E-state index contributed by atoms with van der Waals surface area (Å²) in [5.74, 6) is 0.581. The van der Waals surface area contributed by atoms with Gasteiger partial charge in [-0.3, -0.25) is 0 Å². The minimum absolute atomic E-state index is 0.0487. The van der Waals surface area contributed by atoms with Crippen molar-refractivity contribution in [3.8, 4) is 0 Å². The largest absolute Gasteiger partial charge is 0.335 e. The number of amides is 2. The van der Waals surface area contributed by atoms with Crippen molar-refractivity contribution in [3.05, 3.63) is 0 Å². The van der Waals surface area contributed by atoms with Crippen LogP contribution in [0.5, 0.6) is 0 Å². The van der Waals surface area contributed by atoms with E-state index in [-0.39, 0.29) is 11.6 Å². The number of nitrogens with one attached hydrogen (secondary N) is 2. The molecule has 0 aromatic carbocycles. The van der Waals surface area contributed by atoms with Crippen LogP contribution in [-0.2, 0) is 0 Å². The molecule has 2 fully saturated rings. The molecule has 0 spiro atoms. The van der Waals surface area contributed by atoms with Gasteiger partial charge in [-0.05, 0) is 38.5 Å². The van der Waals surface area contributed by atoms with Crippen molar-refractivity contribution in [2.75, 3.05) is 6.54 Å². The third-order valence-corrected chi connectivity index (χ3v) is 3.21. The summed E-state index contributed by atoms with van der Waals surface area (Å²) in [6.45, 7) is 2.56. The maximum absolute atomic E-state index is 11.5. The molecule has 0 radical (unpaired) electrons. The van der Waals surface area contributed by atoms with Crippen LogP contribution in [0.25, 0.3) is 0 Å². The second-order valence-corrected chi connectivity index (χ2v) is 4.77. The quantitative estimate of drug-likeness (QED) is 0.617. The van der Waals surface area contributed by atoms with Gasteiger partial charge in [0.1, 0.15) is 0 Å². The molecule has 0 aromatic rings. The highest BCUT2D eigenvalue weighted by molar-refractivity contribution is 5.75. The summed E-state index contributed by atoms with van der Waals surface area (Å²) >= 11 is 0. The number of carbonyl (C=O) groups excluding carboxylic acids is 1. The minimum Gasteiger partial charge on any atom is -0.335 e. The molecule has 2 amide bonds. The van der Waals surface area contributed by atoms with Crippen LogP contribution >= 0.6 is 0 Å². The fourth-order valence-electron chi connectivity index (χ4n) is 1.75. The summed E-state index contributed by atoms with van der Waals surface area (Å²) in [6.07, 6.45) is 4.63. The van der Waals surface area contributed by atoms with Gasteiger partial charge in [-0.25, -0.2) is 4.79 Å². The second kappa shape index (κ2) is 3.42. The Morgan fingerprint density at radius 1 is 1.43 bits per heavy atom. The summed E-state index contributed by atoms with van der Waals surface area (Å²) in [5.41, 5.74) is 5.50. The highest BCUT2D eigenvalue weighted by atomic mass is 16.2. The van der Waals surface area contributed by atoms with Crippen molar-refractivity contribution >= 4 is 6.03 Å². The Hall–Kier alpha value is -0.770. The number of carbonyl (C=O) groups is 1. The Bertz CT molecular complexity index is 236. The van der Waals surface area contributed by atoms with Crippen LogP contribution < -0.4 is 16.4 Å². The van der Waals surface area contributed by atoms with Crippen LogP contribution in [-0.4, -0.2) is 24.2 Å². The van der Waals surface area contributed by atoms with Crippen LogP contribution in [0, 0.1) is 5.92 Å². The number of hydrogen-bond acceptors (Lipinski definition) is 2. The smallest absolute Gasteiger partial charge is 0.315 e. The zero-order valence-electron chi connectivity index (χ0n) is 8.68. The molecule has 0 saturated heterocycles. The van der Waals surface area contributed by atoms with Crippen molar-refractivity contribution in [1.82, 2.24) is 10.6 Å². The molecule has 0 aliphatic heterocycles. The molecule has 0 aromatic heterocycles. The Kier molecular flexibility index (Phi) is 2.39. The molecular weight excluding hydrogens is 178 g/mol. The van der Waals surface area contributed by atoms with Gasteiger partial charge in [-0.2, -0.15) is 0 Å². The molecule has 2 saturated carbocycles. The lowest BCUT2D eigenvalue weighted by Crippen LogP contribution is -2.56. The van der Waals surface area contributed by atoms with E-state index >= 15 is 0 Å². The predicted molar refractivity (Wildman–Crippen MR) is 54.9 cm³/mol. The summed E-state index contributed by atoms with van der Waals surface area (Å²) < 4.78 is 0. The normalized spacial score (nSPS) is 25.3. The summed E-state index contributed by atoms with van der Waals surface area (Å²) in [5, 5.41) is 5.92. The Morgan fingerprint density at radius 2 is 2.07 bits per heavy atom. The van der Waals surface area contributed by atoms with Gasteiger partial charge < -0.3 is 16.4 Å². The van der Waals surface area contributed by atoms with Crippen molar-refractivity contribution in [1.29, 1.82) is 0 Å². The van der Waals surface area contributed by atoms with Gasteiger partial charge in [-0.15, -0.1) is 0 Å². The fourth-order valence-corrected chi connectivity index (χ4v) is 1.75. The van der Waals surface area contributed by atoms with Gasteiger partial charge in [0.15, 0.2) is 0 Å². The average molecular weight is 197 g/mol. The highest BCUT2D eigenvalue weighted by Gasteiger charge is 2.42. The van der Waals surface area contributed by atoms with E-state index in [9.17, 15) is 4.79 Å². The van der Waals surface area contributed by atoms with E-state index in [4.69, 9.17) is 5.73 Å². The van der Waals surface area contributed by atoms with E-state index < -0.39 is 0 Å². The van der Waals surface area contributed by atoms with E-state index in [1.807, 2.05) is 6.92 Å². The lowest BCUT2D eigenvalue weighted by atomic mass is 9.96. The van der Waals surface area contributed by atoms with Crippen LogP contribution in [0.1, 0.15) is 32.6 Å². The van der Waals surface area contributed by atoms with E-state index in [2.05, 4.69) is 10.6 Å². The zero-order chi connectivity index (χ0) is 10.2. The van der Waals surface area contributed by atoms with Crippen molar-refractivity contribution in [3.63, 3.8) is 0 Å². The van der Waals surface area contributed by atoms with Gasteiger partial charge in [0.05, 0.1) is 5.54 Å². The van der Waals surface area contributed by atoms with Crippen LogP contribution in [0.4, 0.5) is 4.79 Å². The first-order chi connectivity index (χ1) is 6.64. The van der Waals surface area contributed by atoms with Crippen LogP contribution in [0.2, 0.25) is 0 Å². The van der Waals surface area contributed by atoms with Crippen LogP contribution in [0.15, 0.2) is 0 Å². The monoisotopic (exact) mass is 197 g/mol. The zero-order valence-corrected chi connectivity index (χ0v) is 8.68. The van der Waals surface area contributed by atoms with E-state index in [0.29, 0.717) is 18.5 Å². The molecule has 1 unspecified atom stereocenters. The molecule has 14 heavy (non-hydrogen) atoms. The number of nitrogens with two attached hydrogens (primary N) is 1. The maximum atomic E-state index is 11.5. The first-order valence-electron chi connectivity index (χ1n) is 5.43. The Morgan fingerprint density at radius 3 is 2.50 bits per heavy atom. The SMILES string of the molecule is CC(CN)(NC(=O)NC1CC1)C1CC1. The number of hydrogen-bond donors (Lipinski definition) is 3.